The molecule has 0 unspecified atom stereocenters. The van der Waals surface area contributed by atoms with Gasteiger partial charge in [0, 0.05) is 44.1 Å². The summed E-state index contributed by atoms with van der Waals surface area (Å²) in [4.78, 5) is 2.45. The zero-order chi connectivity index (χ0) is 13.7. The number of nitrogens with one attached hydrogen (secondary N) is 1. The first-order valence-electron chi connectivity index (χ1n) is 6.91. The summed E-state index contributed by atoms with van der Waals surface area (Å²) >= 11 is 6.15. The fraction of sp³-hybridized carbons (Fsp3) is 0.600. The van der Waals surface area contributed by atoms with E-state index in [1.54, 1.807) is 7.11 Å². The molecule has 1 aliphatic rings. The van der Waals surface area contributed by atoms with Gasteiger partial charge >= 0.3 is 0 Å². The average Bonchev–Trinajstić information content (AvgIpc) is 2.42. The number of anilines is 1. The van der Waals surface area contributed by atoms with Gasteiger partial charge in [-0.15, -0.1) is 0 Å². The summed E-state index contributed by atoms with van der Waals surface area (Å²) in [5, 5.41) is 4.04. The topological polar surface area (TPSA) is 24.5 Å². The lowest BCUT2D eigenvalue weighted by atomic mass is 9.96. The zero-order valence-corrected chi connectivity index (χ0v) is 12.5. The highest BCUT2D eigenvalue weighted by Gasteiger charge is 2.21. The molecule has 1 N–H and O–H groups in total. The van der Waals surface area contributed by atoms with Gasteiger partial charge in [0.15, 0.2) is 0 Å². The first kappa shape index (κ1) is 14.6. The molecule has 19 heavy (non-hydrogen) atoms. The third kappa shape index (κ3) is 3.85. The molecule has 1 aliphatic heterocycles. The summed E-state index contributed by atoms with van der Waals surface area (Å²) in [5.41, 5.74) is 2.59. The number of hydrogen-bond donors (Lipinski definition) is 1. The summed E-state index contributed by atoms with van der Waals surface area (Å²) in [5.74, 6) is 0.702. The van der Waals surface area contributed by atoms with Gasteiger partial charge in [0.05, 0.1) is 0 Å². The Balaban J connectivity index is 2.07. The molecule has 0 bridgehead atoms. The van der Waals surface area contributed by atoms with Crippen molar-refractivity contribution in [3.05, 3.63) is 28.8 Å². The lowest BCUT2D eigenvalue weighted by Crippen LogP contribution is -2.35. The molecule has 1 fully saturated rings. The Morgan fingerprint density at radius 1 is 1.37 bits per heavy atom. The van der Waals surface area contributed by atoms with Crippen molar-refractivity contribution in [2.24, 2.45) is 5.92 Å². The van der Waals surface area contributed by atoms with Crippen molar-refractivity contribution in [1.82, 2.24) is 5.32 Å². The number of ether oxygens (including phenoxy) is 1. The van der Waals surface area contributed by atoms with Crippen LogP contribution in [0.5, 0.6) is 0 Å². The SMILES string of the molecule is CNCc1ccc(Cl)cc1N1CCC(COC)CC1. The van der Waals surface area contributed by atoms with E-state index in [1.807, 2.05) is 13.1 Å². The Kier molecular flexibility index (Phi) is 5.49. The minimum Gasteiger partial charge on any atom is -0.384 e. The second-order valence-corrected chi connectivity index (χ2v) is 5.63. The van der Waals surface area contributed by atoms with Crippen LogP contribution in [-0.4, -0.2) is 33.9 Å². The Morgan fingerprint density at radius 2 is 2.11 bits per heavy atom. The van der Waals surface area contributed by atoms with Gasteiger partial charge in [0.25, 0.3) is 0 Å². The predicted molar refractivity (Wildman–Crippen MR) is 81.0 cm³/mol. The maximum Gasteiger partial charge on any atom is 0.0491 e. The molecule has 1 aromatic rings. The van der Waals surface area contributed by atoms with Crippen LogP contribution in [0.25, 0.3) is 0 Å². The maximum absolute atomic E-state index is 6.15. The number of hydrogen-bond acceptors (Lipinski definition) is 3. The van der Waals surface area contributed by atoms with Crippen LogP contribution in [0, 0.1) is 5.92 Å². The summed E-state index contributed by atoms with van der Waals surface area (Å²) in [6.07, 6.45) is 2.39. The smallest absolute Gasteiger partial charge is 0.0491 e. The molecule has 3 nitrogen and oxygen atoms in total. The van der Waals surface area contributed by atoms with E-state index in [9.17, 15) is 0 Å². The summed E-state index contributed by atoms with van der Waals surface area (Å²) < 4.78 is 5.25. The van der Waals surface area contributed by atoms with E-state index < -0.39 is 0 Å². The van der Waals surface area contributed by atoms with Crippen LogP contribution in [0.4, 0.5) is 5.69 Å². The molecule has 2 rings (SSSR count). The monoisotopic (exact) mass is 282 g/mol. The molecule has 0 aromatic heterocycles. The van der Waals surface area contributed by atoms with Crippen molar-refractivity contribution < 1.29 is 4.74 Å². The van der Waals surface area contributed by atoms with E-state index in [2.05, 4.69) is 22.3 Å². The van der Waals surface area contributed by atoms with Crippen LogP contribution in [0.2, 0.25) is 5.02 Å². The van der Waals surface area contributed by atoms with Crippen LogP contribution in [-0.2, 0) is 11.3 Å². The molecule has 1 heterocycles. The highest BCUT2D eigenvalue weighted by Crippen LogP contribution is 2.29. The number of benzene rings is 1. The number of piperidine rings is 1. The van der Waals surface area contributed by atoms with E-state index >= 15 is 0 Å². The van der Waals surface area contributed by atoms with Crippen molar-refractivity contribution in [3.8, 4) is 0 Å². The largest absolute Gasteiger partial charge is 0.384 e. The van der Waals surface area contributed by atoms with Crippen molar-refractivity contribution in [2.75, 3.05) is 38.8 Å². The molecular weight excluding hydrogens is 260 g/mol. The van der Waals surface area contributed by atoms with E-state index in [0.717, 1.165) is 31.3 Å². The molecule has 0 spiro atoms. The molecule has 0 amide bonds. The van der Waals surface area contributed by atoms with Crippen molar-refractivity contribution in [3.63, 3.8) is 0 Å². The van der Waals surface area contributed by atoms with E-state index in [1.165, 1.54) is 24.1 Å². The molecule has 106 valence electrons. The maximum atomic E-state index is 6.15. The Labute approximate surface area is 120 Å². The van der Waals surface area contributed by atoms with Gasteiger partial charge in [-0.05, 0) is 43.5 Å². The fourth-order valence-corrected chi connectivity index (χ4v) is 2.91. The van der Waals surface area contributed by atoms with Crippen molar-refractivity contribution in [1.29, 1.82) is 0 Å². The Morgan fingerprint density at radius 3 is 2.74 bits per heavy atom. The minimum atomic E-state index is 0.702. The third-order valence-electron chi connectivity index (χ3n) is 3.77. The number of methoxy groups -OCH3 is 1. The number of halogens is 1. The van der Waals surface area contributed by atoms with Gasteiger partial charge in [0.1, 0.15) is 0 Å². The second kappa shape index (κ2) is 7.13. The zero-order valence-electron chi connectivity index (χ0n) is 11.8. The molecule has 1 saturated heterocycles. The van der Waals surface area contributed by atoms with E-state index in [0.29, 0.717) is 5.92 Å². The molecule has 1 aromatic carbocycles. The number of rotatable bonds is 5. The highest BCUT2D eigenvalue weighted by molar-refractivity contribution is 6.30. The molecule has 0 saturated carbocycles. The molecular formula is C15H23ClN2O. The van der Waals surface area contributed by atoms with Crippen LogP contribution < -0.4 is 10.2 Å². The van der Waals surface area contributed by atoms with Crippen LogP contribution in [0.1, 0.15) is 18.4 Å². The van der Waals surface area contributed by atoms with Gasteiger partial charge in [-0.3, -0.25) is 0 Å². The van der Waals surface area contributed by atoms with Crippen LogP contribution in [0.15, 0.2) is 18.2 Å². The molecule has 4 heteroatoms. The predicted octanol–water partition coefficient (Wildman–Crippen LogP) is 2.92. The lowest BCUT2D eigenvalue weighted by molar-refractivity contribution is 0.139. The van der Waals surface area contributed by atoms with E-state index in [4.69, 9.17) is 16.3 Å². The summed E-state index contributed by atoms with van der Waals surface area (Å²) in [6.45, 7) is 3.94. The van der Waals surface area contributed by atoms with Gasteiger partial charge < -0.3 is 15.0 Å². The average molecular weight is 283 g/mol. The van der Waals surface area contributed by atoms with Crippen LogP contribution in [0.3, 0.4) is 0 Å². The van der Waals surface area contributed by atoms with Crippen molar-refractivity contribution in [2.45, 2.75) is 19.4 Å². The molecule has 0 radical (unpaired) electrons. The van der Waals surface area contributed by atoms with Crippen LogP contribution >= 0.6 is 11.6 Å². The highest BCUT2D eigenvalue weighted by atomic mass is 35.5. The first-order chi connectivity index (χ1) is 9.24. The minimum absolute atomic E-state index is 0.702. The normalized spacial score (nSPS) is 16.9. The Bertz CT molecular complexity index is 403. The standard InChI is InChI=1S/C15H23ClN2O/c1-17-10-13-3-4-14(16)9-15(13)18-7-5-12(6-8-18)11-19-2/h3-4,9,12,17H,5-8,10-11H2,1-2H3. The Hall–Kier alpha value is -0.770. The first-order valence-corrected chi connectivity index (χ1v) is 7.29. The third-order valence-corrected chi connectivity index (χ3v) is 4.01. The van der Waals surface area contributed by atoms with Gasteiger partial charge in [-0.25, -0.2) is 0 Å². The number of nitrogens with zero attached hydrogens (tertiary/aromatic N) is 1. The van der Waals surface area contributed by atoms with Gasteiger partial charge in [0.2, 0.25) is 0 Å². The fourth-order valence-electron chi connectivity index (χ4n) is 2.75. The van der Waals surface area contributed by atoms with E-state index in [-0.39, 0.29) is 0 Å². The quantitative estimate of drug-likeness (QED) is 0.899. The lowest BCUT2D eigenvalue weighted by Gasteiger charge is -2.34. The second-order valence-electron chi connectivity index (χ2n) is 5.19. The molecule has 0 atom stereocenters. The summed E-state index contributed by atoms with van der Waals surface area (Å²) in [6, 6.07) is 6.18. The van der Waals surface area contributed by atoms with Crippen molar-refractivity contribution >= 4 is 17.3 Å². The van der Waals surface area contributed by atoms with Gasteiger partial charge in [-0.2, -0.15) is 0 Å². The summed E-state index contributed by atoms with van der Waals surface area (Å²) in [7, 11) is 3.76. The molecule has 0 aliphatic carbocycles. The van der Waals surface area contributed by atoms with Gasteiger partial charge in [-0.1, -0.05) is 17.7 Å².